The second-order valence-corrected chi connectivity index (χ2v) is 8.53. The van der Waals surface area contributed by atoms with Crippen LogP contribution in [0.25, 0.3) is 0 Å². The molecular weight excluding hydrogens is 477 g/mol. The van der Waals surface area contributed by atoms with Gasteiger partial charge < -0.3 is 14.2 Å². The SMILES string of the molecule is CCOCCOC(=O)C1=C(C(=O)N(C(C)=O)c2c(F)sc(CC(=O)OCC)c2Cl)CCCC1. The van der Waals surface area contributed by atoms with E-state index in [0.717, 1.165) is 6.92 Å². The number of halogens is 2. The molecule has 0 aromatic carbocycles. The number of thiophene rings is 1. The standard InChI is InChI=1S/C22H27ClFNO7S/c1-4-30-10-11-32-22(29)15-9-7-6-8-14(15)21(28)25(13(3)26)19-18(23)16(33-20(19)24)12-17(27)31-5-2/h4-12H2,1-3H3. The lowest BCUT2D eigenvalue weighted by molar-refractivity contribution is -0.142. The van der Waals surface area contributed by atoms with Crippen molar-refractivity contribution in [1.82, 2.24) is 0 Å². The summed E-state index contributed by atoms with van der Waals surface area (Å²) in [6, 6.07) is 0. The molecule has 0 bridgehead atoms. The summed E-state index contributed by atoms with van der Waals surface area (Å²) in [6.45, 7) is 5.40. The molecule has 0 saturated heterocycles. The second-order valence-electron chi connectivity index (χ2n) is 7.10. The number of rotatable bonds is 10. The summed E-state index contributed by atoms with van der Waals surface area (Å²) >= 11 is 6.85. The highest BCUT2D eigenvalue weighted by molar-refractivity contribution is 7.11. The highest BCUT2D eigenvalue weighted by Crippen LogP contribution is 2.41. The lowest BCUT2D eigenvalue weighted by Gasteiger charge is -2.24. The third-order valence-corrected chi connectivity index (χ3v) is 6.33. The highest BCUT2D eigenvalue weighted by Gasteiger charge is 2.35. The lowest BCUT2D eigenvalue weighted by atomic mass is 9.90. The minimum absolute atomic E-state index is 0.0241. The molecule has 33 heavy (non-hydrogen) atoms. The van der Waals surface area contributed by atoms with Crippen LogP contribution in [0.1, 0.15) is 51.3 Å². The highest BCUT2D eigenvalue weighted by atomic mass is 35.5. The zero-order chi connectivity index (χ0) is 24.5. The van der Waals surface area contributed by atoms with E-state index >= 15 is 0 Å². The molecule has 1 aromatic rings. The van der Waals surface area contributed by atoms with Gasteiger partial charge in [-0.3, -0.25) is 14.4 Å². The molecule has 0 spiro atoms. The summed E-state index contributed by atoms with van der Waals surface area (Å²) in [4.78, 5) is 50.9. The molecule has 0 aliphatic heterocycles. The van der Waals surface area contributed by atoms with E-state index in [1.54, 1.807) is 6.92 Å². The number of amides is 2. The number of nitrogens with zero attached hydrogens (tertiary/aromatic N) is 1. The molecule has 0 saturated carbocycles. The Labute approximate surface area is 200 Å². The first-order valence-electron chi connectivity index (χ1n) is 10.7. The summed E-state index contributed by atoms with van der Waals surface area (Å²) in [6.07, 6.45) is 1.53. The maximum atomic E-state index is 14.9. The Morgan fingerprint density at radius 2 is 1.70 bits per heavy atom. The molecule has 2 amide bonds. The zero-order valence-electron chi connectivity index (χ0n) is 18.8. The monoisotopic (exact) mass is 503 g/mol. The van der Waals surface area contributed by atoms with Gasteiger partial charge >= 0.3 is 11.9 Å². The van der Waals surface area contributed by atoms with Crippen LogP contribution < -0.4 is 4.90 Å². The molecule has 1 heterocycles. The van der Waals surface area contributed by atoms with Crippen LogP contribution >= 0.6 is 22.9 Å². The largest absolute Gasteiger partial charge is 0.466 e. The van der Waals surface area contributed by atoms with E-state index in [1.807, 2.05) is 6.92 Å². The van der Waals surface area contributed by atoms with Gasteiger partial charge in [0.1, 0.15) is 12.3 Å². The van der Waals surface area contributed by atoms with Gasteiger partial charge in [-0.1, -0.05) is 11.6 Å². The van der Waals surface area contributed by atoms with E-state index in [-0.39, 0.29) is 53.7 Å². The Kier molecular flexibility index (Phi) is 10.5. The number of esters is 2. The van der Waals surface area contributed by atoms with Crippen molar-refractivity contribution in [2.75, 3.05) is 31.3 Å². The molecule has 182 valence electrons. The Bertz CT molecular complexity index is 943. The van der Waals surface area contributed by atoms with Crippen molar-refractivity contribution < 1.29 is 37.8 Å². The van der Waals surface area contributed by atoms with Gasteiger partial charge in [-0.05, 0) is 39.5 Å². The summed E-state index contributed by atoms with van der Waals surface area (Å²) in [5.41, 5.74) is -0.181. The fourth-order valence-electron chi connectivity index (χ4n) is 3.39. The first-order valence-corrected chi connectivity index (χ1v) is 11.9. The van der Waals surface area contributed by atoms with E-state index in [1.165, 1.54) is 0 Å². The van der Waals surface area contributed by atoms with Gasteiger partial charge in [-0.15, -0.1) is 11.3 Å². The molecule has 0 fully saturated rings. The summed E-state index contributed by atoms with van der Waals surface area (Å²) in [7, 11) is 0. The molecular formula is C22H27ClFNO7S. The molecule has 11 heteroatoms. The molecule has 2 rings (SSSR count). The summed E-state index contributed by atoms with van der Waals surface area (Å²) in [5, 5.41) is -1.11. The fraction of sp³-hybridized carbons (Fsp3) is 0.545. The summed E-state index contributed by atoms with van der Waals surface area (Å²) < 4.78 is 30.1. The van der Waals surface area contributed by atoms with Gasteiger partial charge in [0.15, 0.2) is 0 Å². The van der Waals surface area contributed by atoms with Gasteiger partial charge in [0.2, 0.25) is 11.0 Å². The maximum Gasteiger partial charge on any atom is 0.334 e. The number of hydrogen-bond donors (Lipinski definition) is 0. The number of ether oxygens (including phenoxy) is 3. The smallest absolute Gasteiger partial charge is 0.334 e. The van der Waals surface area contributed by atoms with Crippen LogP contribution in [-0.2, 0) is 39.8 Å². The van der Waals surface area contributed by atoms with Crippen LogP contribution in [0, 0.1) is 5.13 Å². The van der Waals surface area contributed by atoms with Gasteiger partial charge in [0.25, 0.3) is 5.91 Å². The Morgan fingerprint density at radius 1 is 1.03 bits per heavy atom. The molecule has 1 aliphatic carbocycles. The quantitative estimate of drug-likeness (QED) is 0.352. The van der Waals surface area contributed by atoms with Gasteiger partial charge in [-0.2, -0.15) is 4.39 Å². The normalized spacial score (nSPS) is 13.6. The minimum atomic E-state index is -0.889. The first-order chi connectivity index (χ1) is 15.7. The van der Waals surface area contributed by atoms with Crippen molar-refractivity contribution in [3.63, 3.8) is 0 Å². The molecule has 1 aliphatic rings. The van der Waals surface area contributed by atoms with Crippen LogP contribution in [0.2, 0.25) is 5.02 Å². The molecule has 0 N–H and O–H groups in total. The van der Waals surface area contributed by atoms with E-state index in [4.69, 9.17) is 25.8 Å². The number of carbonyl (C=O) groups is 4. The van der Waals surface area contributed by atoms with Crippen molar-refractivity contribution in [1.29, 1.82) is 0 Å². The van der Waals surface area contributed by atoms with Crippen LogP contribution in [0.4, 0.5) is 10.1 Å². The maximum absolute atomic E-state index is 14.9. The molecule has 0 atom stereocenters. The second kappa shape index (κ2) is 12.8. The zero-order valence-corrected chi connectivity index (χ0v) is 20.4. The van der Waals surface area contributed by atoms with Gasteiger partial charge in [-0.25, -0.2) is 9.69 Å². The van der Waals surface area contributed by atoms with Gasteiger partial charge in [0.05, 0.1) is 24.7 Å². The molecule has 1 aromatic heterocycles. The molecule has 0 unspecified atom stereocenters. The van der Waals surface area contributed by atoms with Crippen molar-refractivity contribution in [2.24, 2.45) is 0 Å². The Balaban J connectivity index is 2.38. The van der Waals surface area contributed by atoms with E-state index < -0.39 is 34.6 Å². The number of hydrogen-bond acceptors (Lipinski definition) is 8. The number of imide groups is 1. The minimum Gasteiger partial charge on any atom is -0.466 e. The van der Waals surface area contributed by atoms with Crippen molar-refractivity contribution in [3.8, 4) is 0 Å². The summed E-state index contributed by atoms with van der Waals surface area (Å²) in [5.74, 6) is -2.88. The molecule has 0 radical (unpaired) electrons. The van der Waals surface area contributed by atoms with Crippen LogP contribution in [0.15, 0.2) is 11.1 Å². The van der Waals surface area contributed by atoms with Crippen molar-refractivity contribution in [3.05, 3.63) is 26.2 Å². The van der Waals surface area contributed by atoms with Gasteiger partial charge in [0, 0.05) is 29.6 Å². The number of carbonyl (C=O) groups excluding carboxylic acids is 4. The third-order valence-electron chi connectivity index (χ3n) is 4.84. The predicted molar refractivity (Wildman–Crippen MR) is 121 cm³/mol. The van der Waals surface area contributed by atoms with E-state index in [9.17, 15) is 23.6 Å². The van der Waals surface area contributed by atoms with E-state index in [2.05, 4.69) is 0 Å². The average Bonchev–Trinajstić information content (AvgIpc) is 3.04. The average molecular weight is 504 g/mol. The van der Waals surface area contributed by atoms with Crippen molar-refractivity contribution in [2.45, 2.75) is 52.9 Å². The first kappa shape index (κ1) is 26.9. The Hall–Kier alpha value is -2.30. The Morgan fingerprint density at radius 3 is 2.30 bits per heavy atom. The van der Waals surface area contributed by atoms with Crippen LogP contribution in [-0.4, -0.2) is 50.2 Å². The lowest BCUT2D eigenvalue weighted by Crippen LogP contribution is -2.38. The van der Waals surface area contributed by atoms with Crippen LogP contribution in [0.3, 0.4) is 0 Å². The fourth-order valence-corrected chi connectivity index (χ4v) is 4.68. The van der Waals surface area contributed by atoms with Crippen molar-refractivity contribution >= 4 is 52.4 Å². The van der Waals surface area contributed by atoms with Crippen LogP contribution in [0.5, 0.6) is 0 Å². The topological polar surface area (TPSA) is 99.2 Å². The van der Waals surface area contributed by atoms with E-state index in [0.29, 0.717) is 42.1 Å². The third kappa shape index (κ3) is 6.84. The number of anilines is 1. The molecule has 8 nitrogen and oxygen atoms in total. The predicted octanol–water partition coefficient (Wildman–Crippen LogP) is 3.98.